The highest BCUT2D eigenvalue weighted by Crippen LogP contribution is 2.23. The van der Waals surface area contributed by atoms with E-state index in [1.807, 2.05) is 24.4 Å². The lowest BCUT2D eigenvalue weighted by atomic mass is 10.2. The van der Waals surface area contributed by atoms with E-state index in [1.54, 1.807) is 24.4 Å². The van der Waals surface area contributed by atoms with Crippen LogP contribution in [0.15, 0.2) is 70.4 Å². The van der Waals surface area contributed by atoms with Crippen molar-refractivity contribution in [1.29, 1.82) is 0 Å². The number of hydrogen-bond acceptors (Lipinski definition) is 7. The number of carbonyl (C=O) groups is 1. The molecule has 3 rings (SSSR count). The molecule has 1 aliphatic rings. The molecule has 2 heterocycles. The molecule has 0 unspecified atom stereocenters. The summed E-state index contributed by atoms with van der Waals surface area (Å²) in [4.78, 5) is 23.0. The van der Waals surface area contributed by atoms with Crippen molar-refractivity contribution in [3.05, 3.63) is 71.6 Å². The summed E-state index contributed by atoms with van der Waals surface area (Å²) in [6.07, 6.45) is 16.4. The average molecular weight is 517 g/mol. The molecular weight excluding hydrogens is 476 g/mol. The summed E-state index contributed by atoms with van der Waals surface area (Å²) in [5.74, 6) is 0.170. The van der Waals surface area contributed by atoms with Crippen LogP contribution in [0.1, 0.15) is 68.4 Å². The zero-order valence-electron chi connectivity index (χ0n) is 22.6. The van der Waals surface area contributed by atoms with Crippen LogP contribution in [-0.2, 0) is 6.42 Å². The standard InChI is InChI=1S/C30H40N6O2/c1-3-18-36(19-4-2)28-22-26(15-17-33-35-27-14-10-11-24(21-27)30(31)37)34-29(23-28)38-20-9-7-13-25-12-6-5-8-16-32-25/h5,8,10-12,14,16-17,21-23,35H,3-4,6-7,9,13,15,18-20H2,1-2H3,(H2,31,37)/b33-17+. The maximum absolute atomic E-state index is 11.4. The van der Waals surface area contributed by atoms with E-state index in [2.05, 4.69) is 52.5 Å². The number of allylic oxidation sites excluding steroid dienone is 4. The number of nitrogens with zero attached hydrogens (tertiary/aromatic N) is 4. The molecule has 0 spiro atoms. The molecule has 1 aromatic heterocycles. The van der Waals surface area contributed by atoms with Gasteiger partial charge in [0.05, 0.1) is 18.0 Å². The second kappa shape index (κ2) is 16.0. The first kappa shape index (κ1) is 28.6. The molecule has 3 N–H and O–H groups in total. The number of hydrogen-bond donors (Lipinski definition) is 2. The first-order valence-electron chi connectivity index (χ1n) is 13.5. The van der Waals surface area contributed by atoms with Crippen molar-refractivity contribution >= 4 is 29.7 Å². The highest BCUT2D eigenvalue weighted by atomic mass is 16.5. The molecule has 0 radical (unpaired) electrons. The Morgan fingerprint density at radius 1 is 1.18 bits per heavy atom. The lowest BCUT2D eigenvalue weighted by molar-refractivity contribution is 0.100. The Morgan fingerprint density at radius 2 is 2.03 bits per heavy atom. The van der Waals surface area contributed by atoms with Gasteiger partial charge in [-0.05, 0) is 68.9 Å². The van der Waals surface area contributed by atoms with E-state index in [-0.39, 0.29) is 0 Å². The van der Waals surface area contributed by atoms with Crippen molar-refractivity contribution in [1.82, 2.24) is 4.98 Å². The predicted molar refractivity (Wildman–Crippen MR) is 157 cm³/mol. The maximum atomic E-state index is 11.4. The minimum Gasteiger partial charge on any atom is -0.478 e. The van der Waals surface area contributed by atoms with Gasteiger partial charge in [-0.25, -0.2) is 4.98 Å². The van der Waals surface area contributed by atoms with Gasteiger partial charge in [0.2, 0.25) is 11.8 Å². The van der Waals surface area contributed by atoms with Crippen LogP contribution in [-0.4, -0.2) is 43.0 Å². The molecule has 38 heavy (non-hydrogen) atoms. The van der Waals surface area contributed by atoms with E-state index in [0.29, 0.717) is 30.2 Å². The number of amides is 1. The quantitative estimate of drug-likeness (QED) is 0.164. The van der Waals surface area contributed by atoms with Crippen LogP contribution in [0.4, 0.5) is 11.4 Å². The van der Waals surface area contributed by atoms with E-state index in [0.717, 1.165) is 68.7 Å². The lowest BCUT2D eigenvalue weighted by Crippen LogP contribution is -2.25. The number of nitrogens with two attached hydrogens (primary N) is 1. The van der Waals surface area contributed by atoms with Gasteiger partial charge in [-0.1, -0.05) is 32.1 Å². The monoisotopic (exact) mass is 516 g/mol. The van der Waals surface area contributed by atoms with E-state index >= 15 is 0 Å². The largest absolute Gasteiger partial charge is 0.478 e. The first-order chi connectivity index (χ1) is 18.6. The number of primary amides is 1. The molecule has 0 saturated carbocycles. The summed E-state index contributed by atoms with van der Waals surface area (Å²) in [7, 11) is 0. The molecule has 8 nitrogen and oxygen atoms in total. The molecule has 2 aromatic rings. The second-order valence-electron chi connectivity index (χ2n) is 9.16. The number of anilines is 2. The fourth-order valence-electron chi connectivity index (χ4n) is 4.10. The number of benzene rings is 1. The Hall–Kier alpha value is -3.94. The van der Waals surface area contributed by atoms with Crippen molar-refractivity contribution in [2.45, 2.75) is 58.8 Å². The van der Waals surface area contributed by atoms with Crippen LogP contribution >= 0.6 is 0 Å². The first-order valence-corrected chi connectivity index (χ1v) is 13.5. The minimum atomic E-state index is -0.470. The zero-order chi connectivity index (χ0) is 27.0. The molecule has 0 saturated heterocycles. The third kappa shape index (κ3) is 9.84. The van der Waals surface area contributed by atoms with Gasteiger partial charge < -0.3 is 15.4 Å². The zero-order valence-corrected chi connectivity index (χ0v) is 22.6. The SMILES string of the molecule is CCCN(CCC)c1cc(C/C=N/Nc2cccc(C(N)=O)c2)nc(OCCCCC2=CCC=CC=N2)c1. The fourth-order valence-corrected chi connectivity index (χ4v) is 4.10. The van der Waals surface area contributed by atoms with Crippen LogP contribution in [0.5, 0.6) is 5.88 Å². The topological polar surface area (TPSA) is 105 Å². The van der Waals surface area contributed by atoms with E-state index in [1.165, 1.54) is 0 Å². The molecule has 0 fully saturated rings. The summed E-state index contributed by atoms with van der Waals surface area (Å²) in [6, 6.07) is 11.1. The maximum Gasteiger partial charge on any atom is 0.248 e. The van der Waals surface area contributed by atoms with Gasteiger partial charge in [-0.15, -0.1) is 0 Å². The third-order valence-electron chi connectivity index (χ3n) is 5.95. The van der Waals surface area contributed by atoms with Crippen molar-refractivity contribution in [3.8, 4) is 5.88 Å². The molecule has 1 aromatic carbocycles. The summed E-state index contributed by atoms with van der Waals surface area (Å²) < 4.78 is 6.11. The van der Waals surface area contributed by atoms with Crippen LogP contribution < -0.4 is 20.8 Å². The summed E-state index contributed by atoms with van der Waals surface area (Å²) in [5, 5.41) is 4.31. The normalized spacial score (nSPS) is 12.8. The van der Waals surface area contributed by atoms with Gasteiger partial charge in [-0.3, -0.25) is 15.2 Å². The minimum absolute atomic E-state index is 0.434. The third-order valence-corrected chi connectivity index (χ3v) is 5.95. The van der Waals surface area contributed by atoms with Gasteiger partial charge in [0.15, 0.2) is 0 Å². The molecule has 0 bridgehead atoms. The molecule has 8 heteroatoms. The number of carbonyl (C=O) groups excluding carboxylic acids is 1. The van der Waals surface area contributed by atoms with Crippen molar-refractivity contribution in [2.75, 3.05) is 30.0 Å². The van der Waals surface area contributed by atoms with Crippen LogP contribution in [0.3, 0.4) is 0 Å². The van der Waals surface area contributed by atoms with E-state index in [4.69, 9.17) is 15.5 Å². The Bertz CT molecular complexity index is 1150. The van der Waals surface area contributed by atoms with Gasteiger partial charge in [0, 0.05) is 55.0 Å². The number of aromatic nitrogens is 1. The number of rotatable bonds is 16. The van der Waals surface area contributed by atoms with Gasteiger partial charge in [0.25, 0.3) is 0 Å². The highest BCUT2D eigenvalue weighted by Gasteiger charge is 2.10. The van der Waals surface area contributed by atoms with Crippen LogP contribution in [0, 0.1) is 0 Å². The van der Waals surface area contributed by atoms with E-state index < -0.39 is 5.91 Å². The van der Waals surface area contributed by atoms with E-state index in [9.17, 15) is 4.79 Å². The fraction of sp³-hybridized carbons (Fsp3) is 0.400. The number of aliphatic imine (C=N–C) groups is 1. The smallest absolute Gasteiger partial charge is 0.248 e. The van der Waals surface area contributed by atoms with Crippen molar-refractivity contribution in [3.63, 3.8) is 0 Å². The van der Waals surface area contributed by atoms with Gasteiger partial charge >= 0.3 is 0 Å². The Morgan fingerprint density at radius 3 is 2.82 bits per heavy atom. The number of pyridine rings is 1. The predicted octanol–water partition coefficient (Wildman–Crippen LogP) is 5.91. The molecule has 0 aliphatic carbocycles. The number of nitrogens with one attached hydrogen (secondary N) is 1. The van der Waals surface area contributed by atoms with Gasteiger partial charge in [0.1, 0.15) is 0 Å². The Kier molecular flexibility index (Phi) is 12.1. The molecular formula is C30H40N6O2. The second-order valence-corrected chi connectivity index (χ2v) is 9.16. The molecule has 1 aliphatic heterocycles. The summed E-state index contributed by atoms with van der Waals surface area (Å²) in [5.41, 5.74) is 12.6. The molecule has 1 amide bonds. The number of hydrazone groups is 1. The summed E-state index contributed by atoms with van der Waals surface area (Å²) >= 11 is 0. The number of ether oxygens (including phenoxy) is 1. The summed E-state index contributed by atoms with van der Waals surface area (Å²) in [6.45, 7) is 6.95. The molecule has 0 atom stereocenters. The number of unbranched alkanes of at least 4 members (excludes halogenated alkanes) is 1. The highest BCUT2D eigenvalue weighted by molar-refractivity contribution is 5.93. The van der Waals surface area contributed by atoms with Crippen molar-refractivity contribution in [2.24, 2.45) is 15.8 Å². The van der Waals surface area contributed by atoms with Crippen molar-refractivity contribution < 1.29 is 9.53 Å². The Balaban J connectivity index is 1.62. The lowest BCUT2D eigenvalue weighted by Gasteiger charge is -2.24. The molecule has 202 valence electrons. The van der Waals surface area contributed by atoms with Crippen LogP contribution in [0.25, 0.3) is 0 Å². The van der Waals surface area contributed by atoms with Gasteiger partial charge in [-0.2, -0.15) is 5.10 Å². The van der Waals surface area contributed by atoms with Crippen LogP contribution in [0.2, 0.25) is 0 Å². The average Bonchev–Trinajstić information content (AvgIpc) is 3.20. The Labute approximate surface area is 226 Å².